The highest BCUT2D eigenvalue weighted by Crippen LogP contribution is 1.91. The van der Waals surface area contributed by atoms with Gasteiger partial charge in [-0.25, -0.2) is 0 Å². The van der Waals surface area contributed by atoms with Gasteiger partial charge < -0.3 is 10.6 Å². The summed E-state index contributed by atoms with van der Waals surface area (Å²) in [6.07, 6.45) is 7.58. The molecule has 2 N–H and O–H groups in total. The molecular formula is C11H22N2. The van der Waals surface area contributed by atoms with Gasteiger partial charge in [-0.1, -0.05) is 18.6 Å². The number of hydrogen-bond donors (Lipinski definition) is 2. The predicted octanol–water partition coefficient (Wildman–Crippen LogP) is 1.71. The molecule has 0 rings (SSSR count). The van der Waals surface area contributed by atoms with Crippen LogP contribution in [-0.4, -0.2) is 26.2 Å². The summed E-state index contributed by atoms with van der Waals surface area (Å²) in [7, 11) is 0. The molecular weight excluding hydrogens is 160 g/mol. The van der Waals surface area contributed by atoms with Gasteiger partial charge >= 0.3 is 0 Å². The fourth-order valence-electron chi connectivity index (χ4n) is 1.09. The molecule has 2 heteroatoms. The summed E-state index contributed by atoms with van der Waals surface area (Å²) >= 11 is 0. The third kappa shape index (κ3) is 11.4. The van der Waals surface area contributed by atoms with Crippen molar-refractivity contribution in [3.8, 4) is 0 Å². The quantitative estimate of drug-likeness (QED) is 0.397. The molecule has 0 aromatic carbocycles. The lowest BCUT2D eigenvalue weighted by Gasteiger charge is -2.02. The molecule has 0 bridgehead atoms. The van der Waals surface area contributed by atoms with E-state index in [0.29, 0.717) is 0 Å². The molecule has 0 heterocycles. The zero-order valence-corrected chi connectivity index (χ0v) is 8.52. The average Bonchev–Trinajstić information content (AvgIpc) is 2.16. The van der Waals surface area contributed by atoms with Crippen LogP contribution in [0.5, 0.6) is 0 Å². The summed E-state index contributed by atoms with van der Waals surface area (Å²) in [5.74, 6) is 0. The largest absolute Gasteiger partial charge is 0.313 e. The van der Waals surface area contributed by atoms with Gasteiger partial charge in [-0.15, -0.1) is 13.2 Å². The molecule has 2 nitrogen and oxygen atoms in total. The SMILES string of the molecule is C=CCNCCCCCNCC=C. The lowest BCUT2D eigenvalue weighted by Crippen LogP contribution is -2.17. The van der Waals surface area contributed by atoms with E-state index in [1.165, 1.54) is 19.3 Å². The monoisotopic (exact) mass is 182 g/mol. The minimum absolute atomic E-state index is 0.925. The van der Waals surface area contributed by atoms with Crippen molar-refractivity contribution in [3.63, 3.8) is 0 Å². The van der Waals surface area contributed by atoms with Crippen molar-refractivity contribution in [1.29, 1.82) is 0 Å². The molecule has 0 unspecified atom stereocenters. The van der Waals surface area contributed by atoms with E-state index in [4.69, 9.17) is 0 Å². The van der Waals surface area contributed by atoms with Crippen molar-refractivity contribution in [2.24, 2.45) is 0 Å². The Bertz CT molecular complexity index is 107. The molecule has 0 fully saturated rings. The van der Waals surface area contributed by atoms with Gasteiger partial charge in [0.15, 0.2) is 0 Å². The lowest BCUT2D eigenvalue weighted by atomic mass is 10.2. The highest BCUT2D eigenvalue weighted by molar-refractivity contribution is 4.70. The Balaban J connectivity index is 2.83. The van der Waals surface area contributed by atoms with Gasteiger partial charge in [-0.3, -0.25) is 0 Å². The number of rotatable bonds is 10. The molecule has 0 saturated carbocycles. The molecule has 0 aliphatic carbocycles. The number of nitrogens with one attached hydrogen (secondary N) is 2. The maximum absolute atomic E-state index is 3.65. The summed E-state index contributed by atoms with van der Waals surface area (Å²) in [5.41, 5.74) is 0. The van der Waals surface area contributed by atoms with Crippen LogP contribution in [0.2, 0.25) is 0 Å². The van der Waals surface area contributed by atoms with Gasteiger partial charge in [-0.05, 0) is 25.9 Å². The Morgan fingerprint density at radius 1 is 0.769 bits per heavy atom. The Hall–Kier alpha value is -0.600. The Labute approximate surface area is 82.1 Å². The van der Waals surface area contributed by atoms with Crippen LogP contribution in [-0.2, 0) is 0 Å². The van der Waals surface area contributed by atoms with Crippen LogP contribution in [0.1, 0.15) is 19.3 Å². The fourth-order valence-corrected chi connectivity index (χ4v) is 1.09. The summed E-state index contributed by atoms with van der Waals surface area (Å²) in [4.78, 5) is 0. The van der Waals surface area contributed by atoms with Crippen molar-refractivity contribution >= 4 is 0 Å². The molecule has 0 aromatic heterocycles. The van der Waals surface area contributed by atoms with Crippen molar-refractivity contribution < 1.29 is 0 Å². The topological polar surface area (TPSA) is 24.1 Å². The molecule has 0 saturated heterocycles. The van der Waals surface area contributed by atoms with E-state index in [0.717, 1.165) is 26.2 Å². The van der Waals surface area contributed by atoms with E-state index in [9.17, 15) is 0 Å². The first-order valence-corrected chi connectivity index (χ1v) is 5.05. The minimum Gasteiger partial charge on any atom is -0.313 e. The average molecular weight is 182 g/mol. The highest BCUT2D eigenvalue weighted by atomic mass is 14.8. The van der Waals surface area contributed by atoms with Gasteiger partial charge in [0.1, 0.15) is 0 Å². The van der Waals surface area contributed by atoms with E-state index in [1.54, 1.807) is 0 Å². The third-order valence-corrected chi connectivity index (χ3v) is 1.78. The number of unbranched alkanes of at least 4 members (excludes halogenated alkanes) is 2. The summed E-state index contributed by atoms with van der Waals surface area (Å²) in [6.45, 7) is 11.4. The zero-order valence-electron chi connectivity index (χ0n) is 8.52. The van der Waals surface area contributed by atoms with Crippen molar-refractivity contribution in [2.75, 3.05) is 26.2 Å². The van der Waals surface area contributed by atoms with Crippen molar-refractivity contribution in [2.45, 2.75) is 19.3 Å². The summed E-state index contributed by atoms with van der Waals surface area (Å²) in [5, 5.41) is 6.56. The van der Waals surface area contributed by atoms with Gasteiger partial charge in [0.25, 0.3) is 0 Å². The maximum atomic E-state index is 3.65. The van der Waals surface area contributed by atoms with Crippen LogP contribution < -0.4 is 10.6 Å². The second-order valence-electron chi connectivity index (χ2n) is 3.05. The molecule has 0 aromatic rings. The molecule has 13 heavy (non-hydrogen) atoms. The first-order chi connectivity index (χ1) is 6.41. The fraction of sp³-hybridized carbons (Fsp3) is 0.636. The van der Waals surface area contributed by atoms with E-state index in [-0.39, 0.29) is 0 Å². The minimum atomic E-state index is 0.925. The normalized spacial score (nSPS) is 9.85. The van der Waals surface area contributed by atoms with Crippen LogP contribution in [0.15, 0.2) is 25.3 Å². The molecule has 0 amide bonds. The maximum Gasteiger partial charge on any atom is 0.0132 e. The molecule has 0 radical (unpaired) electrons. The van der Waals surface area contributed by atoms with E-state index in [2.05, 4.69) is 23.8 Å². The van der Waals surface area contributed by atoms with Crippen molar-refractivity contribution in [1.82, 2.24) is 10.6 Å². The standard InChI is InChI=1S/C11H22N2/c1-3-8-12-10-6-5-7-11-13-9-4-2/h3-4,12-13H,1-2,5-11H2. The molecule has 0 aliphatic rings. The van der Waals surface area contributed by atoms with E-state index in [1.807, 2.05) is 12.2 Å². The van der Waals surface area contributed by atoms with Crippen LogP contribution in [0.25, 0.3) is 0 Å². The lowest BCUT2D eigenvalue weighted by molar-refractivity contribution is 0.599. The Kier molecular flexibility index (Phi) is 10.9. The van der Waals surface area contributed by atoms with E-state index >= 15 is 0 Å². The Morgan fingerprint density at radius 3 is 1.62 bits per heavy atom. The molecule has 0 atom stereocenters. The first-order valence-electron chi connectivity index (χ1n) is 5.05. The Morgan fingerprint density at radius 2 is 1.23 bits per heavy atom. The van der Waals surface area contributed by atoms with Crippen LogP contribution in [0.4, 0.5) is 0 Å². The van der Waals surface area contributed by atoms with Gasteiger partial charge in [-0.2, -0.15) is 0 Å². The molecule has 0 spiro atoms. The third-order valence-electron chi connectivity index (χ3n) is 1.78. The van der Waals surface area contributed by atoms with Gasteiger partial charge in [0.2, 0.25) is 0 Å². The smallest absolute Gasteiger partial charge is 0.0132 e. The molecule has 0 aliphatic heterocycles. The van der Waals surface area contributed by atoms with E-state index < -0.39 is 0 Å². The van der Waals surface area contributed by atoms with Gasteiger partial charge in [0.05, 0.1) is 0 Å². The van der Waals surface area contributed by atoms with Crippen LogP contribution in [0, 0.1) is 0 Å². The van der Waals surface area contributed by atoms with Crippen molar-refractivity contribution in [3.05, 3.63) is 25.3 Å². The van der Waals surface area contributed by atoms with Crippen LogP contribution in [0.3, 0.4) is 0 Å². The molecule has 76 valence electrons. The van der Waals surface area contributed by atoms with Crippen LogP contribution >= 0.6 is 0 Å². The number of hydrogen-bond acceptors (Lipinski definition) is 2. The second kappa shape index (κ2) is 11.4. The predicted molar refractivity (Wildman–Crippen MR) is 60.0 cm³/mol. The zero-order chi connectivity index (χ0) is 9.78. The highest BCUT2D eigenvalue weighted by Gasteiger charge is 1.88. The first kappa shape index (κ1) is 12.4. The summed E-state index contributed by atoms with van der Waals surface area (Å²) < 4.78 is 0. The van der Waals surface area contributed by atoms with Gasteiger partial charge in [0, 0.05) is 13.1 Å². The summed E-state index contributed by atoms with van der Waals surface area (Å²) in [6, 6.07) is 0. The second-order valence-corrected chi connectivity index (χ2v) is 3.05.